The maximum Gasteiger partial charge on any atom is 0.211 e. The van der Waals surface area contributed by atoms with Gasteiger partial charge in [0.2, 0.25) is 11.6 Å². The Morgan fingerprint density at radius 2 is 0.598 bits per heavy atom. The zero-order chi connectivity index (χ0) is 53.9. The summed E-state index contributed by atoms with van der Waals surface area (Å²) < 4.78 is 0. The second-order valence-corrected chi connectivity index (χ2v) is 22.7. The Morgan fingerprint density at radius 1 is 0.256 bits per heavy atom. The number of nitrogens with zero attached hydrogens (tertiary/aromatic N) is 1. The van der Waals surface area contributed by atoms with Crippen molar-refractivity contribution in [2.45, 2.75) is 12.8 Å². The first kappa shape index (κ1) is 45.3. The highest BCUT2D eigenvalue weighted by Gasteiger charge is 2.24. The van der Waals surface area contributed by atoms with Crippen LogP contribution in [-0.4, -0.2) is 16.6 Å². The average molecular weight is 1040 g/mol. The number of aromatic nitrogens is 1. The lowest BCUT2D eigenvalue weighted by Crippen LogP contribution is -2.11. The highest BCUT2D eigenvalue weighted by atomic mass is 16.1. The summed E-state index contributed by atoms with van der Waals surface area (Å²) in [5.74, 6) is -0.434. The van der Waals surface area contributed by atoms with Gasteiger partial charge in [-0.3, -0.25) is 9.59 Å². The van der Waals surface area contributed by atoms with Gasteiger partial charge in [0.1, 0.15) is 11.4 Å². The van der Waals surface area contributed by atoms with Crippen LogP contribution in [0.5, 0.6) is 0 Å². The third-order valence-corrected chi connectivity index (χ3v) is 18.3. The van der Waals surface area contributed by atoms with Gasteiger partial charge in [-0.05, 0) is 206 Å². The molecule has 18 aromatic rings. The number of pyridine rings is 1. The molecule has 17 aromatic carbocycles. The van der Waals surface area contributed by atoms with Gasteiger partial charge in [-0.15, -0.1) is 0 Å². The van der Waals surface area contributed by atoms with Crippen molar-refractivity contribution in [1.29, 1.82) is 0 Å². The molecule has 1 aromatic heterocycles. The minimum atomic E-state index is -0.221. The molecule has 3 heteroatoms. The fraction of sp³-hybridized carbons (Fsp3) is 0.0253. The Bertz CT molecular complexity index is 5720. The van der Waals surface area contributed by atoms with Crippen LogP contribution in [0.1, 0.15) is 54.4 Å². The molecule has 0 fully saturated rings. The van der Waals surface area contributed by atoms with Crippen molar-refractivity contribution in [3.63, 3.8) is 0 Å². The van der Waals surface area contributed by atoms with Gasteiger partial charge in [0.25, 0.3) is 0 Å². The molecule has 0 N–H and O–H groups in total. The van der Waals surface area contributed by atoms with E-state index in [2.05, 4.69) is 206 Å². The lowest BCUT2D eigenvalue weighted by molar-refractivity contribution is 0.103. The number of rotatable bonds is 9. The van der Waals surface area contributed by atoms with E-state index in [9.17, 15) is 9.59 Å². The molecule has 0 unspecified atom stereocenters. The number of benzene rings is 17. The number of ketones is 2. The van der Waals surface area contributed by atoms with Crippen LogP contribution in [0.4, 0.5) is 0 Å². The summed E-state index contributed by atoms with van der Waals surface area (Å²) in [4.78, 5) is 34.3. The molecule has 0 atom stereocenters. The molecule has 18 rings (SSSR count). The molecule has 0 aliphatic rings. The number of carbonyl (C=O) groups is 2. The van der Waals surface area contributed by atoms with Crippen molar-refractivity contribution >= 4 is 141 Å². The van der Waals surface area contributed by atoms with E-state index in [0.717, 1.165) is 83.0 Å². The lowest BCUT2D eigenvalue weighted by atomic mass is 9.83. The summed E-state index contributed by atoms with van der Waals surface area (Å²) in [6.07, 6.45) is 1.67. The molecular formula is C79H45NO2. The molecule has 0 saturated heterocycles. The van der Waals surface area contributed by atoms with E-state index in [1.54, 1.807) is 18.2 Å². The standard InChI is InChI=1S/C79H45NO2/c81-78(65-36-28-52-19-17-47-9-3-11-49-27-34-62(65)74(52)71(47)49)68-14-5-15-69(80-68)79(82)66-37-29-54-21-20-53-26-33-60(61-38-39-63(66)76(54)75(53)61)67-43-57-13-4-12-50-25-32-59-56(30-35-64(67)77(59)72(50)57)42-45-7-1-6-44(40-45)41-55-23-22-51-18-16-46-8-2-10-48-24-31-58(55)73(51)70(46)48/h1-40,43H,41-42H2. The number of hydrogen-bond donors (Lipinski definition) is 0. The van der Waals surface area contributed by atoms with E-state index in [1.807, 2.05) is 24.3 Å². The number of carbonyl (C=O) groups excluding carboxylic acids is 2. The van der Waals surface area contributed by atoms with Crippen molar-refractivity contribution in [2.75, 3.05) is 0 Å². The molecule has 0 aliphatic heterocycles. The maximum absolute atomic E-state index is 14.9. The van der Waals surface area contributed by atoms with Crippen LogP contribution in [0, 0.1) is 0 Å². The fourth-order valence-electron chi connectivity index (χ4n) is 14.6. The summed E-state index contributed by atoms with van der Waals surface area (Å²) in [6, 6.07) is 89.0. The predicted molar refractivity (Wildman–Crippen MR) is 343 cm³/mol. The largest absolute Gasteiger partial charge is 0.287 e. The Hall–Kier alpha value is -10.6. The molecular weight excluding hydrogens is 995 g/mol. The van der Waals surface area contributed by atoms with E-state index in [4.69, 9.17) is 4.98 Å². The van der Waals surface area contributed by atoms with Crippen molar-refractivity contribution in [1.82, 2.24) is 4.98 Å². The summed E-state index contributed by atoms with van der Waals surface area (Å²) in [6.45, 7) is 0. The van der Waals surface area contributed by atoms with E-state index in [0.29, 0.717) is 11.1 Å². The van der Waals surface area contributed by atoms with Crippen molar-refractivity contribution in [2.24, 2.45) is 0 Å². The molecule has 0 amide bonds. The van der Waals surface area contributed by atoms with Crippen LogP contribution in [0.2, 0.25) is 0 Å². The van der Waals surface area contributed by atoms with Crippen LogP contribution >= 0.6 is 0 Å². The van der Waals surface area contributed by atoms with Gasteiger partial charge in [-0.25, -0.2) is 4.98 Å². The van der Waals surface area contributed by atoms with Gasteiger partial charge < -0.3 is 0 Å². The molecule has 0 spiro atoms. The van der Waals surface area contributed by atoms with Crippen molar-refractivity contribution in [3.8, 4) is 11.1 Å². The Kier molecular flexibility index (Phi) is 9.36. The van der Waals surface area contributed by atoms with Crippen LogP contribution in [0.25, 0.3) is 140 Å². The normalized spacial score (nSPS) is 12.3. The van der Waals surface area contributed by atoms with Gasteiger partial charge in [-0.2, -0.15) is 0 Å². The first-order chi connectivity index (χ1) is 40.5. The van der Waals surface area contributed by atoms with E-state index in [1.165, 1.54) is 92.5 Å². The Labute approximate surface area is 470 Å². The quantitative estimate of drug-likeness (QED) is 0.107. The van der Waals surface area contributed by atoms with E-state index < -0.39 is 0 Å². The zero-order valence-electron chi connectivity index (χ0n) is 44.3. The monoisotopic (exact) mass is 1040 g/mol. The van der Waals surface area contributed by atoms with Gasteiger partial charge >= 0.3 is 0 Å². The number of hydrogen-bond acceptors (Lipinski definition) is 3. The molecule has 0 bridgehead atoms. The maximum atomic E-state index is 14.9. The third kappa shape index (κ3) is 6.50. The minimum absolute atomic E-state index is 0.212. The van der Waals surface area contributed by atoms with Crippen LogP contribution in [0.15, 0.2) is 249 Å². The van der Waals surface area contributed by atoms with Crippen LogP contribution in [-0.2, 0) is 12.8 Å². The first-order valence-corrected chi connectivity index (χ1v) is 28.3. The minimum Gasteiger partial charge on any atom is -0.287 e. The second kappa shape index (κ2) is 17.0. The van der Waals surface area contributed by atoms with E-state index >= 15 is 0 Å². The van der Waals surface area contributed by atoms with Gasteiger partial charge in [-0.1, -0.05) is 218 Å². The summed E-state index contributed by atoms with van der Waals surface area (Å²) >= 11 is 0. The summed E-state index contributed by atoms with van der Waals surface area (Å²) in [7, 11) is 0. The highest BCUT2D eigenvalue weighted by molar-refractivity contribution is 6.33. The van der Waals surface area contributed by atoms with E-state index in [-0.39, 0.29) is 23.0 Å². The topological polar surface area (TPSA) is 47.0 Å². The fourth-order valence-corrected chi connectivity index (χ4v) is 14.6. The highest BCUT2D eigenvalue weighted by Crippen LogP contribution is 2.47. The SMILES string of the molecule is O=C(c1cccc(C(=O)c2ccc3ccc4ccc(-c5cc6cccc7ccc8c(Cc9cccc(Cc%10ccc%11ccc%12cccc%13ccc%10c%11c%12%13)c9)ccc5c8c76)c5ccc2c3c45)n1)c1ccc2ccc3cccc4ccc1c2c34. The summed E-state index contributed by atoms with van der Waals surface area (Å²) in [5.41, 5.74) is 9.20. The van der Waals surface area contributed by atoms with Crippen LogP contribution in [0.3, 0.4) is 0 Å². The summed E-state index contributed by atoms with van der Waals surface area (Å²) in [5, 5.41) is 28.3. The Balaban J connectivity index is 0.715. The van der Waals surface area contributed by atoms with Gasteiger partial charge in [0.15, 0.2) is 0 Å². The first-order valence-electron chi connectivity index (χ1n) is 28.3. The van der Waals surface area contributed by atoms with Gasteiger partial charge in [0.05, 0.1) is 0 Å². The molecule has 0 aliphatic carbocycles. The molecule has 3 nitrogen and oxygen atoms in total. The average Bonchev–Trinajstić information content (AvgIpc) is 3.39. The third-order valence-electron chi connectivity index (χ3n) is 18.3. The van der Waals surface area contributed by atoms with Crippen LogP contribution < -0.4 is 0 Å². The smallest absolute Gasteiger partial charge is 0.211 e. The molecule has 82 heavy (non-hydrogen) atoms. The second-order valence-electron chi connectivity index (χ2n) is 22.7. The molecule has 378 valence electrons. The van der Waals surface area contributed by atoms with Gasteiger partial charge in [0, 0.05) is 11.1 Å². The van der Waals surface area contributed by atoms with Crippen molar-refractivity contribution < 1.29 is 9.59 Å². The molecule has 0 saturated carbocycles. The van der Waals surface area contributed by atoms with Crippen molar-refractivity contribution in [3.05, 3.63) is 293 Å². The zero-order valence-corrected chi connectivity index (χ0v) is 44.3. The Morgan fingerprint density at radius 3 is 1.17 bits per heavy atom. The molecule has 1 heterocycles. The lowest BCUT2D eigenvalue weighted by Gasteiger charge is -2.20. The predicted octanol–water partition coefficient (Wildman–Crippen LogP) is 20.0. The molecule has 0 radical (unpaired) electrons.